The minimum atomic E-state index is -0.632. The van der Waals surface area contributed by atoms with E-state index >= 15 is 0 Å². The molecule has 0 saturated heterocycles. The second-order valence-electron chi connectivity index (χ2n) is 11.9. The Morgan fingerprint density at radius 3 is 2.41 bits per heavy atom. The van der Waals surface area contributed by atoms with E-state index in [0.717, 1.165) is 57.8 Å². The molecule has 1 aromatic rings. The molecule has 34 heavy (non-hydrogen) atoms. The summed E-state index contributed by atoms with van der Waals surface area (Å²) in [6.07, 6.45) is 8.82. The standard InChI is InChI=1S/C29H40O5/c1-18(33-19(2)30)23-14-16-29(32)24(23)11-12-25-26(29)10-9-21-17-22(13-15-28(21,25)3)34-27(31)20-7-5-4-6-8-20/h4-8,18,21-26,32H,9-17H2,1-3H3/t18?,21-,22+,23-,24-,25?,26?,28+,29-/m1/s1. The number of ether oxygens (including phenoxy) is 2. The summed E-state index contributed by atoms with van der Waals surface area (Å²) in [6.45, 7) is 5.92. The lowest BCUT2D eigenvalue weighted by atomic mass is 9.46. The van der Waals surface area contributed by atoms with Gasteiger partial charge in [-0.2, -0.15) is 0 Å². The van der Waals surface area contributed by atoms with Crippen molar-refractivity contribution in [2.24, 2.45) is 35.0 Å². The third-order valence-corrected chi connectivity index (χ3v) is 10.3. The van der Waals surface area contributed by atoms with Gasteiger partial charge in [-0.25, -0.2) is 4.79 Å². The fourth-order valence-corrected chi connectivity index (χ4v) is 8.74. The van der Waals surface area contributed by atoms with Crippen LogP contribution in [0.3, 0.4) is 0 Å². The van der Waals surface area contributed by atoms with Gasteiger partial charge in [-0.05, 0) is 106 Å². The first-order valence-electron chi connectivity index (χ1n) is 13.4. The van der Waals surface area contributed by atoms with Gasteiger partial charge in [0.2, 0.25) is 0 Å². The number of hydrogen-bond donors (Lipinski definition) is 1. The van der Waals surface area contributed by atoms with E-state index in [2.05, 4.69) is 6.92 Å². The molecule has 4 aliphatic carbocycles. The average Bonchev–Trinajstić information content (AvgIpc) is 3.17. The molecule has 0 amide bonds. The zero-order valence-electron chi connectivity index (χ0n) is 20.9. The van der Waals surface area contributed by atoms with Crippen molar-refractivity contribution in [2.75, 3.05) is 0 Å². The van der Waals surface area contributed by atoms with Gasteiger partial charge in [0.05, 0.1) is 11.2 Å². The van der Waals surface area contributed by atoms with Crippen LogP contribution in [0.15, 0.2) is 30.3 Å². The minimum absolute atomic E-state index is 0.0119. The number of carbonyl (C=O) groups excluding carboxylic acids is 2. The van der Waals surface area contributed by atoms with Crippen LogP contribution in [0, 0.1) is 35.0 Å². The first-order chi connectivity index (χ1) is 16.2. The Kier molecular flexibility index (Phi) is 6.29. The van der Waals surface area contributed by atoms with E-state index < -0.39 is 5.60 Å². The molecule has 186 valence electrons. The largest absolute Gasteiger partial charge is 0.463 e. The van der Waals surface area contributed by atoms with Crippen LogP contribution in [-0.2, 0) is 14.3 Å². The van der Waals surface area contributed by atoms with E-state index in [1.54, 1.807) is 0 Å². The molecule has 0 radical (unpaired) electrons. The summed E-state index contributed by atoms with van der Waals surface area (Å²) in [6, 6.07) is 9.29. The van der Waals surface area contributed by atoms with E-state index in [1.165, 1.54) is 6.92 Å². The van der Waals surface area contributed by atoms with Gasteiger partial charge >= 0.3 is 11.9 Å². The van der Waals surface area contributed by atoms with Gasteiger partial charge in [0, 0.05) is 12.8 Å². The van der Waals surface area contributed by atoms with Crippen LogP contribution in [0.2, 0.25) is 0 Å². The van der Waals surface area contributed by atoms with Gasteiger partial charge in [-0.1, -0.05) is 25.1 Å². The van der Waals surface area contributed by atoms with Gasteiger partial charge in [0.25, 0.3) is 0 Å². The van der Waals surface area contributed by atoms with Crippen LogP contribution in [0.5, 0.6) is 0 Å². The van der Waals surface area contributed by atoms with Crippen LogP contribution in [0.4, 0.5) is 0 Å². The average molecular weight is 469 g/mol. The topological polar surface area (TPSA) is 72.8 Å². The molecular formula is C29H40O5. The Hall–Kier alpha value is -1.88. The molecule has 9 atom stereocenters. The van der Waals surface area contributed by atoms with Gasteiger partial charge in [0.1, 0.15) is 12.2 Å². The first-order valence-corrected chi connectivity index (χ1v) is 13.4. The smallest absolute Gasteiger partial charge is 0.338 e. The highest BCUT2D eigenvalue weighted by atomic mass is 16.5. The van der Waals surface area contributed by atoms with Gasteiger partial charge < -0.3 is 14.6 Å². The summed E-state index contributed by atoms with van der Waals surface area (Å²) in [4.78, 5) is 24.2. The molecule has 5 heteroatoms. The molecule has 5 nitrogen and oxygen atoms in total. The highest BCUT2D eigenvalue weighted by Crippen LogP contribution is 2.65. The summed E-state index contributed by atoms with van der Waals surface area (Å²) in [5.41, 5.74) is 0.185. The lowest BCUT2D eigenvalue weighted by molar-refractivity contribution is -0.185. The maximum atomic E-state index is 12.6. The van der Waals surface area contributed by atoms with Crippen molar-refractivity contribution in [3.05, 3.63) is 35.9 Å². The molecule has 0 spiro atoms. The summed E-state index contributed by atoms with van der Waals surface area (Å²) in [5.74, 6) is 1.42. The lowest BCUT2D eigenvalue weighted by Crippen LogP contribution is -2.59. The SMILES string of the molecule is CC(=O)OC(C)[C@H]1CC[C@]2(O)C3CC[C@@H]4C[C@@H](OC(=O)c5ccccc5)CC[C@]4(C)C3CC[C@H]12. The van der Waals surface area contributed by atoms with Crippen LogP contribution in [0.1, 0.15) is 88.9 Å². The summed E-state index contributed by atoms with van der Waals surface area (Å²) in [7, 11) is 0. The number of aliphatic hydroxyl groups is 1. The molecule has 0 aromatic heterocycles. The van der Waals surface area contributed by atoms with Crippen molar-refractivity contribution in [1.82, 2.24) is 0 Å². The number of carbonyl (C=O) groups is 2. The van der Waals surface area contributed by atoms with Gasteiger partial charge in [-0.3, -0.25) is 4.79 Å². The van der Waals surface area contributed by atoms with E-state index in [0.29, 0.717) is 23.3 Å². The summed E-state index contributed by atoms with van der Waals surface area (Å²) < 4.78 is 11.5. The minimum Gasteiger partial charge on any atom is -0.463 e. The second kappa shape index (κ2) is 8.96. The number of benzene rings is 1. The molecular weight excluding hydrogens is 428 g/mol. The Labute approximate surface area is 203 Å². The molecule has 3 unspecified atom stereocenters. The van der Waals surface area contributed by atoms with Crippen molar-refractivity contribution in [3.63, 3.8) is 0 Å². The maximum absolute atomic E-state index is 12.6. The molecule has 5 rings (SSSR count). The third-order valence-electron chi connectivity index (χ3n) is 10.3. The molecule has 1 N–H and O–H groups in total. The predicted molar refractivity (Wildman–Crippen MR) is 129 cm³/mol. The highest BCUT2D eigenvalue weighted by molar-refractivity contribution is 5.89. The first kappa shape index (κ1) is 23.8. The zero-order chi connectivity index (χ0) is 24.1. The molecule has 0 aliphatic heterocycles. The molecule has 4 fully saturated rings. The quantitative estimate of drug-likeness (QED) is 0.587. The fourth-order valence-electron chi connectivity index (χ4n) is 8.74. The van der Waals surface area contributed by atoms with E-state index in [1.807, 2.05) is 37.3 Å². The van der Waals surface area contributed by atoms with Crippen molar-refractivity contribution in [2.45, 2.75) is 96.4 Å². The van der Waals surface area contributed by atoms with Crippen LogP contribution < -0.4 is 0 Å². The highest BCUT2D eigenvalue weighted by Gasteiger charge is 2.63. The summed E-state index contributed by atoms with van der Waals surface area (Å²) in [5, 5.41) is 12.1. The lowest BCUT2D eigenvalue weighted by Gasteiger charge is -2.61. The third kappa shape index (κ3) is 3.98. The predicted octanol–water partition coefficient (Wildman–Crippen LogP) is 5.55. The Balaban J connectivity index is 1.27. The Bertz CT molecular complexity index is 914. The van der Waals surface area contributed by atoms with Crippen molar-refractivity contribution < 1.29 is 24.2 Å². The summed E-state index contributed by atoms with van der Waals surface area (Å²) >= 11 is 0. The van der Waals surface area contributed by atoms with E-state index in [-0.39, 0.29) is 41.4 Å². The number of esters is 2. The zero-order valence-corrected chi connectivity index (χ0v) is 20.9. The maximum Gasteiger partial charge on any atom is 0.338 e. The number of rotatable bonds is 4. The second-order valence-corrected chi connectivity index (χ2v) is 11.9. The Morgan fingerprint density at radius 1 is 0.971 bits per heavy atom. The number of fused-ring (bicyclic) bond motifs is 5. The number of hydrogen-bond acceptors (Lipinski definition) is 5. The fraction of sp³-hybridized carbons (Fsp3) is 0.724. The van der Waals surface area contributed by atoms with Gasteiger partial charge in [0.15, 0.2) is 0 Å². The van der Waals surface area contributed by atoms with E-state index in [9.17, 15) is 14.7 Å². The molecule has 0 heterocycles. The molecule has 1 aromatic carbocycles. The Morgan fingerprint density at radius 2 is 1.68 bits per heavy atom. The van der Waals surface area contributed by atoms with Crippen molar-refractivity contribution in [3.8, 4) is 0 Å². The van der Waals surface area contributed by atoms with E-state index in [4.69, 9.17) is 9.47 Å². The normalized spacial score (nSPS) is 42.0. The van der Waals surface area contributed by atoms with Crippen molar-refractivity contribution >= 4 is 11.9 Å². The molecule has 4 aliphatic rings. The molecule has 0 bridgehead atoms. The van der Waals surface area contributed by atoms with Gasteiger partial charge in [-0.15, -0.1) is 0 Å². The molecule has 4 saturated carbocycles. The van der Waals surface area contributed by atoms with Crippen LogP contribution >= 0.6 is 0 Å². The van der Waals surface area contributed by atoms with Crippen molar-refractivity contribution in [1.29, 1.82) is 0 Å². The monoisotopic (exact) mass is 468 g/mol. The van der Waals surface area contributed by atoms with Crippen LogP contribution in [0.25, 0.3) is 0 Å². The van der Waals surface area contributed by atoms with Crippen LogP contribution in [-0.4, -0.2) is 34.9 Å².